The molecule has 0 spiro atoms. The van der Waals surface area contributed by atoms with Crippen molar-refractivity contribution >= 4 is 17.7 Å². The molecule has 0 radical (unpaired) electrons. The SMILES string of the molecule is Cc1cc(F)ccc1NC(=O)C=Cc1cccnc1. The second-order valence-corrected chi connectivity index (χ2v) is 4.07. The Morgan fingerprint density at radius 3 is 2.89 bits per heavy atom. The van der Waals surface area contributed by atoms with Crippen LogP contribution in [0.15, 0.2) is 48.8 Å². The number of aromatic nitrogens is 1. The van der Waals surface area contributed by atoms with Gasteiger partial charge in [0.25, 0.3) is 0 Å². The summed E-state index contributed by atoms with van der Waals surface area (Å²) in [6.45, 7) is 1.74. The molecule has 0 atom stereocenters. The van der Waals surface area contributed by atoms with Gasteiger partial charge in [-0.25, -0.2) is 4.39 Å². The minimum absolute atomic E-state index is 0.265. The van der Waals surface area contributed by atoms with Crippen LogP contribution in [0.3, 0.4) is 0 Å². The number of nitrogens with one attached hydrogen (secondary N) is 1. The van der Waals surface area contributed by atoms with Gasteiger partial charge in [-0.15, -0.1) is 0 Å². The predicted molar refractivity (Wildman–Crippen MR) is 73.0 cm³/mol. The fourth-order valence-corrected chi connectivity index (χ4v) is 1.59. The van der Waals surface area contributed by atoms with E-state index in [4.69, 9.17) is 0 Å². The minimum Gasteiger partial charge on any atom is -0.322 e. The Bertz CT molecular complexity index is 609. The Hall–Kier alpha value is -2.49. The summed E-state index contributed by atoms with van der Waals surface area (Å²) in [7, 11) is 0. The van der Waals surface area contributed by atoms with Crippen molar-refractivity contribution < 1.29 is 9.18 Å². The Labute approximate surface area is 110 Å². The largest absolute Gasteiger partial charge is 0.322 e. The monoisotopic (exact) mass is 256 g/mol. The van der Waals surface area contributed by atoms with Crippen LogP contribution in [0.25, 0.3) is 6.08 Å². The molecule has 0 saturated heterocycles. The zero-order valence-electron chi connectivity index (χ0n) is 10.4. The van der Waals surface area contributed by atoms with Crippen molar-refractivity contribution in [1.82, 2.24) is 4.98 Å². The molecule has 1 aromatic carbocycles. The van der Waals surface area contributed by atoms with E-state index < -0.39 is 0 Å². The van der Waals surface area contributed by atoms with E-state index in [1.165, 1.54) is 18.2 Å². The third kappa shape index (κ3) is 3.74. The Balaban J connectivity index is 2.04. The lowest BCUT2D eigenvalue weighted by Gasteiger charge is -2.05. The number of aryl methyl sites for hydroxylation is 1. The summed E-state index contributed by atoms with van der Waals surface area (Å²) in [5.41, 5.74) is 2.12. The second-order valence-electron chi connectivity index (χ2n) is 4.07. The number of halogens is 1. The summed E-state index contributed by atoms with van der Waals surface area (Å²) in [5.74, 6) is -0.583. The maximum Gasteiger partial charge on any atom is 0.248 e. The molecule has 0 bridgehead atoms. The first-order valence-corrected chi connectivity index (χ1v) is 5.80. The molecule has 0 aliphatic carbocycles. The normalized spacial score (nSPS) is 10.6. The van der Waals surface area contributed by atoms with Gasteiger partial charge < -0.3 is 5.32 Å². The molecule has 1 N–H and O–H groups in total. The van der Waals surface area contributed by atoms with Gasteiger partial charge in [0.2, 0.25) is 5.91 Å². The molecule has 1 heterocycles. The summed E-state index contributed by atoms with van der Waals surface area (Å²) in [6.07, 6.45) is 6.41. The molecule has 96 valence electrons. The van der Waals surface area contributed by atoms with Crippen molar-refractivity contribution in [1.29, 1.82) is 0 Å². The first-order chi connectivity index (χ1) is 9.15. The number of nitrogens with zero attached hydrogens (tertiary/aromatic N) is 1. The molecule has 2 aromatic rings. The fourth-order valence-electron chi connectivity index (χ4n) is 1.59. The van der Waals surface area contributed by atoms with Gasteiger partial charge in [-0.2, -0.15) is 0 Å². The highest BCUT2D eigenvalue weighted by atomic mass is 19.1. The van der Waals surface area contributed by atoms with E-state index in [1.807, 2.05) is 6.07 Å². The molecule has 0 aliphatic heterocycles. The van der Waals surface area contributed by atoms with Gasteiger partial charge in [-0.1, -0.05) is 6.07 Å². The molecule has 3 nitrogen and oxygen atoms in total. The van der Waals surface area contributed by atoms with E-state index in [0.717, 1.165) is 5.56 Å². The van der Waals surface area contributed by atoms with Crippen LogP contribution in [0.1, 0.15) is 11.1 Å². The fraction of sp³-hybridized carbons (Fsp3) is 0.0667. The number of amides is 1. The van der Waals surface area contributed by atoms with E-state index in [1.54, 1.807) is 37.5 Å². The van der Waals surface area contributed by atoms with Gasteiger partial charge in [0.05, 0.1) is 0 Å². The molecular weight excluding hydrogens is 243 g/mol. The van der Waals surface area contributed by atoms with Crippen molar-refractivity contribution in [2.24, 2.45) is 0 Å². The van der Waals surface area contributed by atoms with Gasteiger partial charge in [0.15, 0.2) is 0 Å². The van der Waals surface area contributed by atoms with Crippen LogP contribution in [0.5, 0.6) is 0 Å². The number of carbonyl (C=O) groups excluding carboxylic acids is 1. The van der Waals surface area contributed by atoms with E-state index in [9.17, 15) is 9.18 Å². The molecular formula is C15H13FN2O. The van der Waals surface area contributed by atoms with Crippen LogP contribution < -0.4 is 5.32 Å². The highest BCUT2D eigenvalue weighted by Gasteiger charge is 2.02. The van der Waals surface area contributed by atoms with Gasteiger partial charge >= 0.3 is 0 Å². The number of anilines is 1. The maximum absolute atomic E-state index is 12.9. The maximum atomic E-state index is 12.9. The lowest BCUT2D eigenvalue weighted by atomic mass is 10.2. The van der Waals surface area contributed by atoms with E-state index in [2.05, 4.69) is 10.3 Å². The summed E-state index contributed by atoms with van der Waals surface area (Å²) < 4.78 is 12.9. The van der Waals surface area contributed by atoms with Gasteiger partial charge in [-0.3, -0.25) is 9.78 Å². The highest BCUT2D eigenvalue weighted by Crippen LogP contribution is 2.15. The first kappa shape index (κ1) is 13.0. The molecule has 0 aliphatic rings. The van der Waals surface area contributed by atoms with E-state index >= 15 is 0 Å². The molecule has 1 aromatic heterocycles. The standard InChI is InChI=1S/C15H13FN2O/c1-11-9-13(16)5-6-14(11)18-15(19)7-4-12-3-2-8-17-10-12/h2-10H,1H3,(H,18,19). The average molecular weight is 256 g/mol. The smallest absolute Gasteiger partial charge is 0.248 e. The Morgan fingerprint density at radius 1 is 1.37 bits per heavy atom. The van der Waals surface area contributed by atoms with Gasteiger partial charge in [-0.05, 0) is 48.4 Å². The molecule has 0 fully saturated rings. The van der Waals surface area contributed by atoms with Gasteiger partial charge in [0, 0.05) is 24.2 Å². The Kier molecular flexibility index (Phi) is 4.03. The van der Waals surface area contributed by atoms with E-state index in [-0.39, 0.29) is 11.7 Å². The first-order valence-electron chi connectivity index (χ1n) is 5.80. The van der Waals surface area contributed by atoms with Crippen LogP contribution in [-0.4, -0.2) is 10.9 Å². The summed E-state index contributed by atoms with van der Waals surface area (Å²) in [4.78, 5) is 15.7. The van der Waals surface area contributed by atoms with Crippen LogP contribution in [0.2, 0.25) is 0 Å². The van der Waals surface area contributed by atoms with Crippen LogP contribution >= 0.6 is 0 Å². The summed E-state index contributed by atoms with van der Waals surface area (Å²) in [5, 5.41) is 2.69. The molecule has 1 amide bonds. The quantitative estimate of drug-likeness (QED) is 0.857. The van der Waals surface area contributed by atoms with Crippen LogP contribution in [-0.2, 0) is 4.79 Å². The van der Waals surface area contributed by atoms with Gasteiger partial charge in [0.1, 0.15) is 5.82 Å². The van der Waals surface area contributed by atoms with Crippen LogP contribution in [0, 0.1) is 12.7 Å². The zero-order chi connectivity index (χ0) is 13.7. The molecule has 19 heavy (non-hydrogen) atoms. The number of hydrogen-bond donors (Lipinski definition) is 1. The minimum atomic E-state index is -0.318. The molecule has 0 unspecified atom stereocenters. The van der Waals surface area contributed by atoms with Crippen molar-refractivity contribution in [3.05, 3.63) is 65.7 Å². The number of hydrogen-bond acceptors (Lipinski definition) is 2. The Morgan fingerprint density at radius 2 is 2.21 bits per heavy atom. The van der Waals surface area contributed by atoms with Crippen molar-refractivity contribution in [3.63, 3.8) is 0 Å². The predicted octanol–water partition coefficient (Wildman–Crippen LogP) is 3.18. The zero-order valence-corrected chi connectivity index (χ0v) is 10.4. The number of pyridine rings is 1. The molecule has 0 saturated carbocycles. The molecule has 4 heteroatoms. The average Bonchev–Trinajstić information content (AvgIpc) is 2.41. The number of benzene rings is 1. The third-order valence-corrected chi connectivity index (χ3v) is 2.56. The third-order valence-electron chi connectivity index (χ3n) is 2.56. The highest BCUT2D eigenvalue weighted by molar-refractivity contribution is 6.02. The second kappa shape index (κ2) is 5.91. The lowest BCUT2D eigenvalue weighted by molar-refractivity contribution is -0.111. The van der Waals surface area contributed by atoms with Crippen molar-refractivity contribution in [2.75, 3.05) is 5.32 Å². The number of rotatable bonds is 3. The summed E-state index contributed by atoms with van der Waals surface area (Å²) >= 11 is 0. The number of carbonyl (C=O) groups is 1. The van der Waals surface area contributed by atoms with Crippen molar-refractivity contribution in [2.45, 2.75) is 6.92 Å². The lowest BCUT2D eigenvalue weighted by Crippen LogP contribution is -2.09. The van der Waals surface area contributed by atoms with Crippen LogP contribution in [0.4, 0.5) is 10.1 Å². The van der Waals surface area contributed by atoms with Crippen molar-refractivity contribution in [3.8, 4) is 0 Å². The topological polar surface area (TPSA) is 42.0 Å². The summed E-state index contributed by atoms with van der Waals surface area (Å²) in [6, 6.07) is 7.87. The van der Waals surface area contributed by atoms with E-state index in [0.29, 0.717) is 11.3 Å². The molecule has 2 rings (SSSR count).